The largest absolute Gasteiger partial charge is 0.494 e. The third-order valence-electron chi connectivity index (χ3n) is 16.1. The van der Waals surface area contributed by atoms with Crippen LogP contribution in [0.15, 0.2) is 121 Å². The average molecular weight is 1130 g/mol. The Morgan fingerprint density at radius 2 is 0.750 bits per heavy atom. The second kappa shape index (κ2) is 30.9. The Kier molecular flexibility index (Phi) is 22.5. The van der Waals surface area contributed by atoms with E-state index in [2.05, 4.69) is 221 Å². The maximum absolute atomic E-state index is 7.11. The topological polar surface area (TPSA) is 101 Å². The molecule has 2 N–H and O–H groups in total. The molecule has 0 radical (unpaired) electrons. The fourth-order valence-electron chi connectivity index (χ4n) is 11.5. The normalized spacial score (nSPS) is 12.8. The molecule has 9 rings (SSSR count). The summed E-state index contributed by atoms with van der Waals surface area (Å²) < 4.78 is 26.8. The molecule has 0 amide bonds. The number of nitrogens with one attached hydrogen (secondary N) is 2. The molecule has 4 aromatic carbocycles. The first-order valence-electron chi connectivity index (χ1n) is 31.6. The Labute approximate surface area is 501 Å². The molecule has 0 saturated heterocycles. The highest BCUT2D eigenvalue weighted by atomic mass is 16.5. The molecule has 0 aliphatic carbocycles. The van der Waals surface area contributed by atoms with E-state index in [0.717, 1.165) is 177 Å². The van der Waals surface area contributed by atoms with Crippen LogP contribution in [-0.2, 0) is 0 Å². The van der Waals surface area contributed by atoms with Crippen molar-refractivity contribution in [2.24, 2.45) is 0 Å². The maximum atomic E-state index is 7.11. The van der Waals surface area contributed by atoms with Crippen LogP contribution in [0.25, 0.3) is 90.9 Å². The van der Waals surface area contributed by atoms with E-state index in [9.17, 15) is 0 Å². The minimum Gasteiger partial charge on any atom is -0.494 e. The van der Waals surface area contributed by atoms with Gasteiger partial charge in [0.2, 0.25) is 0 Å². The van der Waals surface area contributed by atoms with E-state index in [-0.39, 0.29) is 12.2 Å². The molecule has 7 aromatic rings. The fourth-order valence-corrected chi connectivity index (χ4v) is 11.5. The fraction of sp³-hybridized carbons (Fsp3) is 0.405. The molecule has 2 unspecified atom stereocenters. The number of rotatable bonds is 32. The van der Waals surface area contributed by atoms with Crippen molar-refractivity contribution in [2.75, 3.05) is 54.5 Å². The van der Waals surface area contributed by atoms with Gasteiger partial charge < -0.3 is 38.7 Å². The average Bonchev–Trinajstić information content (AvgIpc) is 3.37. The summed E-state index contributed by atoms with van der Waals surface area (Å²) in [5.74, 6) is 3.37. The van der Waals surface area contributed by atoms with Crippen molar-refractivity contribution in [3.05, 3.63) is 144 Å². The van der Waals surface area contributed by atoms with Crippen molar-refractivity contribution in [3.63, 3.8) is 0 Å². The number of hydrogen-bond acceptors (Lipinski definition) is 8. The van der Waals surface area contributed by atoms with Gasteiger partial charge in [-0.05, 0) is 176 Å². The highest BCUT2D eigenvalue weighted by Gasteiger charge is 2.23. The van der Waals surface area contributed by atoms with Crippen molar-refractivity contribution in [2.45, 2.75) is 143 Å². The van der Waals surface area contributed by atoms with Gasteiger partial charge in [-0.15, -0.1) is 0 Å². The van der Waals surface area contributed by atoms with E-state index in [0.29, 0.717) is 13.2 Å². The SMILES string of the molecule is CCCCCCCC(CC)Oc1ccccc1-c1c2nc(c(-c3ccc(OCCCN(C)C)cc3)c3ccc([nH]3)c(-c3ccccc3OC(CC)CCCCCCC)c3nc(c(-c4ccc(OCCCN(C)C)cc4)c4ccc1[nH]4)C=C3)C=C2. The number of hydrogen-bond donors (Lipinski definition) is 2. The van der Waals surface area contributed by atoms with Gasteiger partial charge in [0.05, 0.1) is 48.2 Å². The van der Waals surface area contributed by atoms with Crippen molar-refractivity contribution in [3.8, 4) is 67.5 Å². The second-order valence-electron chi connectivity index (χ2n) is 23.3. The number of fused-ring (bicyclic) bond motifs is 8. The van der Waals surface area contributed by atoms with Gasteiger partial charge in [0.1, 0.15) is 23.0 Å². The van der Waals surface area contributed by atoms with E-state index in [1.165, 1.54) is 51.4 Å². The molecule has 10 heteroatoms. The number of para-hydroxylation sites is 2. The standard InChI is InChI=1S/C74H92N6O4/c1-9-13-15-17-19-27-55(11-3)83-69-31-23-21-29-59(69)73-65-45-41-61(75-65)71(53-33-37-57(38-34-53)81-51-25-49-79(5)6)63-43-47-67(77-63)74(60-30-22-24-32-70(60)84-56(12-4)28-20-18-16-14-10-2)68-48-44-64(78-68)72(62-42-46-66(73)76-62)54-35-39-58(40-36-54)82-52-26-50-80(7)8/h21-24,29-48,55-56,75,78H,9-20,25-28,49-52H2,1-8H3. The van der Waals surface area contributed by atoms with E-state index in [1.54, 1.807) is 0 Å². The number of ether oxygens (including phenoxy) is 4. The molecule has 2 atom stereocenters. The summed E-state index contributed by atoms with van der Waals surface area (Å²) in [7, 11) is 8.38. The molecule has 3 aromatic heterocycles. The lowest BCUT2D eigenvalue weighted by Gasteiger charge is -2.20. The van der Waals surface area contributed by atoms with Gasteiger partial charge in [0.15, 0.2) is 0 Å². The molecule has 0 fully saturated rings. The Bertz CT molecular complexity index is 3220. The van der Waals surface area contributed by atoms with E-state index < -0.39 is 0 Å². The Morgan fingerprint density at radius 3 is 1.12 bits per heavy atom. The summed E-state index contributed by atoms with van der Waals surface area (Å²) in [4.78, 5) is 23.7. The molecule has 5 heterocycles. The van der Waals surface area contributed by atoms with E-state index >= 15 is 0 Å². The van der Waals surface area contributed by atoms with Gasteiger partial charge in [-0.3, -0.25) is 0 Å². The van der Waals surface area contributed by atoms with Gasteiger partial charge in [-0.25, -0.2) is 9.97 Å². The summed E-state index contributed by atoms with van der Waals surface area (Å²) in [5.41, 5.74) is 14.9. The summed E-state index contributed by atoms with van der Waals surface area (Å²) in [6.45, 7) is 12.2. The first-order valence-corrected chi connectivity index (χ1v) is 31.6. The summed E-state index contributed by atoms with van der Waals surface area (Å²) >= 11 is 0. The molecule has 2 aliphatic rings. The quantitative estimate of drug-likeness (QED) is 0.0402. The number of aromatic amines is 2. The van der Waals surface area contributed by atoms with E-state index in [1.807, 2.05) is 0 Å². The van der Waals surface area contributed by atoms with Crippen LogP contribution >= 0.6 is 0 Å². The molecule has 84 heavy (non-hydrogen) atoms. The molecule has 10 nitrogen and oxygen atoms in total. The third kappa shape index (κ3) is 16.1. The van der Waals surface area contributed by atoms with Crippen LogP contribution in [0.5, 0.6) is 23.0 Å². The lowest BCUT2D eigenvalue weighted by atomic mass is 10.0. The number of H-pyrrole nitrogens is 2. The molecule has 0 spiro atoms. The smallest absolute Gasteiger partial charge is 0.127 e. The van der Waals surface area contributed by atoms with Gasteiger partial charge in [0, 0.05) is 68.5 Å². The van der Waals surface area contributed by atoms with Crippen LogP contribution in [0.2, 0.25) is 0 Å². The zero-order valence-electron chi connectivity index (χ0n) is 51.6. The highest BCUT2D eigenvalue weighted by Crippen LogP contribution is 2.43. The van der Waals surface area contributed by atoms with Crippen molar-refractivity contribution >= 4 is 46.4 Å². The Morgan fingerprint density at radius 1 is 0.393 bits per heavy atom. The molecule has 8 bridgehead atoms. The van der Waals surface area contributed by atoms with Crippen LogP contribution in [0, 0.1) is 0 Å². The minimum absolute atomic E-state index is 0.0787. The lowest BCUT2D eigenvalue weighted by molar-refractivity contribution is 0.183. The monoisotopic (exact) mass is 1130 g/mol. The third-order valence-corrected chi connectivity index (χ3v) is 16.1. The second-order valence-corrected chi connectivity index (χ2v) is 23.3. The van der Waals surface area contributed by atoms with Crippen LogP contribution < -0.4 is 18.9 Å². The Balaban J connectivity index is 1.29. The molecular weight excluding hydrogens is 1040 g/mol. The molecular formula is C74H92N6O4. The van der Waals surface area contributed by atoms with Crippen molar-refractivity contribution in [1.29, 1.82) is 0 Å². The number of nitrogens with zero attached hydrogens (tertiary/aromatic N) is 4. The number of unbranched alkanes of at least 4 members (excludes halogenated alkanes) is 8. The first kappa shape index (κ1) is 61.2. The number of benzene rings is 4. The van der Waals surface area contributed by atoms with E-state index in [4.69, 9.17) is 28.9 Å². The maximum Gasteiger partial charge on any atom is 0.127 e. The summed E-state index contributed by atoms with van der Waals surface area (Å²) in [6, 6.07) is 42.8. The summed E-state index contributed by atoms with van der Waals surface area (Å²) in [5, 5.41) is 0. The number of aromatic nitrogens is 4. The van der Waals surface area contributed by atoms with Crippen LogP contribution in [0.1, 0.15) is 153 Å². The van der Waals surface area contributed by atoms with Crippen molar-refractivity contribution in [1.82, 2.24) is 29.7 Å². The molecule has 0 saturated carbocycles. The highest BCUT2D eigenvalue weighted by molar-refractivity contribution is 6.00. The van der Waals surface area contributed by atoms with Crippen LogP contribution in [0.3, 0.4) is 0 Å². The lowest BCUT2D eigenvalue weighted by Crippen LogP contribution is -2.15. The van der Waals surface area contributed by atoms with Gasteiger partial charge in [0.25, 0.3) is 0 Å². The predicted octanol–water partition coefficient (Wildman–Crippen LogP) is 19.0. The first-order chi connectivity index (χ1) is 41.1. The Hall–Kier alpha value is -7.40. The predicted molar refractivity (Wildman–Crippen MR) is 354 cm³/mol. The van der Waals surface area contributed by atoms with Gasteiger partial charge in [-0.1, -0.05) is 140 Å². The summed E-state index contributed by atoms with van der Waals surface area (Å²) in [6.07, 6.45) is 26.8. The van der Waals surface area contributed by atoms with Crippen molar-refractivity contribution < 1.29 is 18.9 Å². The van der Waals surface area contributed by atoms with Gasteiger partial charge >= 0.3 is 0 Å². The van der Waals surface area contributed by atoms with Gasteiger partial charge in [-0.2, -0.15) is 0 Å². The zero-order valence-corrected chi connectivity index (χ0v) is 51.6. The van der Waals surface area contributed by atoms with Crippen LogP contribution in [0.4, 0.5) is 0 Å². The molecule has 442 valence electrons. The minimum atomic E-state index is 0.0787. The zero-order chi connectivity index (χ0) is 58.6. The molecule has 2 aliphatic heterocycles. The van der Waals surface area contributed by atoms with Crippen LogP contribution in [-0.4, -0.2) is 96.4 Å².